The number of furan rings is 1. The number of amides is 1. The second kappa shape index (κ2) is 7.16. The Labute approximate surface area is 156 Å². The molecule has 0 saturated heterocycles. The van der Waals surface area contributed by atoms with Crippen molar-refractivity contribution in [3.63, 3.8) is 0 Å². The van der Waals surface area contributed by atoms with Crippen molar-refractivity contribution in [2.45, 2.75) is 31.2 Å². The first-order valence-corrected chi connectivity index (χ1v) is 10.1. The van der Waals surface area contributed by atoms with Gasteiger partial charge >= 0.3 is 0 Å². The van der Waals surface area contributed by atoms with Gasteiger partial charge in [0, 0.05) is 34.9 Å². The van der Waals surface area contributed by atoms with Crippen molar-refractivity contribution in [2.24, 2.45) is 0 Å². The van der Waals surface area contributed by atoms with E-state index in [9.17, 15) is 9.18 Å². The fraction of sp³-hybridized carbons (Fsp3) is 0.286. The number of para-hydroxylation sites is 1. The topological polar surface area (TPSA) is 33.5 Å². The van der Waals surface area contributed by atoms with Crippen LogP contribution in [0, 0.1) is 5.82 Å². The summed E-state index contributed by atoms with van der Waals surface area (Å²) in [7, 11) is 0. The molecule has 1 heterocycles. The van der Waals surface area contributed by atoms with Crippen molar-refractivity contribution < 1.29 is 13.6 Å². The fourth-order valence-corrected chi connectivity index (χ4v) is 3.83. The SMILES string of the molecule is CSCc1c(C(=O)N(Cc2ccccc2F)C2CC2)oc2ccccc12. The van der Waals surface area contributed by atoms with Gasteiger partial charge in [-0.25, -0.2) is 4.39 Å². The Hall–Kier alpha value is -2.27. The Morgan fingerprint density at radius 1 is 1.19 bits per heavy atom. The molecule has 1 aliphatic rings. The lowest BCUT2D eigenvalue weighted by Crippen LogP contribution is -2.33. The second-order valence-corrected chi connectivity index (χ2v) is 7.46. The highest BCUT2D eigenvalue weighted by Gasteiger charge is 2.36. The lowest BCUT2D eigenvalue weighted by molar-refractivity contribution is 0.0697. The Morgan fingerprint density at radius 2 is 1.92 bits per heavy atom. The fourth-order valence-electron chi connectivity index (χ4n) is 3.25. The van der Waals surface area contributed by atoms with Crippen LogP contribution >= 0.6 is 11.8 Å². The molecule has 0 radical (unpaired) electrons. The second-order valence-electron chi connectivity index (χ2n) is 6.59. The lowest BCUT2D eigenvalue weighted by Gasteiger charge is -2.22. The maximum atomic E-state index is 14.1. The summed E-state index contributed by atoms with van der Waals surface area (Å²) in [5.41, 5.74) is 2.19. The minimum atomic E-state index is -0.278. The Balaban J connectivity index is 1.71. The zero-order valence-electron chi connectivity index (χ0n) is 14.6. The summed E-state index contributed by atoms with van der Waals surface area (Å²) in [6.45, 7) is 0.270. The minimum absolute atomic E-state index is 0.143. The van der Waals surface area contributed by atoms with Crippen LogP contribution in [0.15, 0.2) is 52.9 Å². The molecule has 0 aliphatic heterocycles. The van der Waals surface area contributed by atoms with Crippen molar-refractivity contribution in [3.8, 4) is 0 Å². The largest absolute Gasteiger partial charge is 0.451 e. The molecule has 4 rings (SSSR count). The zero-order valence-corrected chi connectivity index (χ0v) is 15.4. The number of rotatable bonds is 6. The minimum Gasteiger partial charge on any atom is -0.451 e. The average molecular weight is 369 g/mol. The number of carbonyl (C=O) groups is 1. The van der Waals surface area contributed by atoms with Gasteiger partial charge in [0.2, 0.25) is 0 Å². The van der Waals surface area contributed by atoms with Crippen LogP contribution in [0.3, 0.4) is 0 Å². The summed E-state index contributed by atoms with van der Waals surface area (Å²) in [5.74, 6) is 0.677. The molecule has 0 unspecified atom stereocenters. The van der Waals surface area contributed by atoms with Crippen molar-refractivity contribution in [1.82, 2.24) is 4.90 Å². The maximum absolute atomic E-state index is 14.1. The quantitative estimate of drug-likeness (QED) is 0.596. The molecule has 1 aromatic heterocycles. The smallest absolute Gasteiger partial charge is 0.290 e. The van der Waals surface area contributed by atoms with Gasteiger partial charge in [-0.15, -0.1) is 0 Å². The van der Waals surface area contributed by atoms with Crippen LogP contribution in [0.25, 0.3) is 11.0 Å². The van der Waals surface area contributed by atoms with Gasteiger partial charge < -0.3 is 9.32 Å². The predicted octanol–water partition coefficient (Wildman–Crippen LogP) is 5.24. The van der Waals surface area contributed by atoms with Gasteiger partial charge in [-0.1, -0.05) is 36.4 Å². The zero-order chi connectivity index (χ0) is 18.1. The normalized spacial score (nSPS) is 13.9. The molecular formula is C21H20FNO2S. The molecule has 3 aromatic rings. The number of halogens is 1. The average Bonchev–Trinajstić information content (AvgIpc) is 3.43. The van der Waals surface area contributed by atoms with E-state index in [4.69, 9.17) is 4.42 Å². The molecule has 2 aromatic carbocycles. The standard InChI is InChI=1S/C21H20FNO2S/c1-26-13-17-16-7-3-5-9-19(16)25-20(17)21(24)23(15-10-11-15)12-14-6-2-4-8-18(14)22/h2-9,15H,10-13H2,1H3. The first-order valence-electron chi connectivity index (χ1n) is 8.72. The summed E-state index contributed by atoms with van der Waals surface area (Å²) in [4.78, 5) is 15.1. The van der Waals surface area contributed by atoms with E-state index in [1.807, 2.05) is 30.5 Å². The molecule has 26 heavy (non-hydrogen) atoms. The highest BCUT2D eigenvalue weighted by atomic mass is 32.2. The van der Waals surface area contributed by atoms with Crippen LogP contribution in [-0.2, 0) is 12.3 Å². The molecule has 0 atom stereocenters. The van der Waals surface area contributed by atoms with E-state index in [1.165, 1.54) is 6.07 Å². The van der Waals surface area contributed by atoms with Crippen LogP contribution in [0.4, 0.5) is 4.39 Å². The van der Waals surface area contributed by atoms with E-state index in [-0.39, 0.29) is 24.3 Å². The third-order valence-electron chi connectivity index (χ3n) is 4.73. The van der Waals surface area contributed by atoms with Gasteiger partial charge in [-0.05, 0) is 31.2 Å². The highest BCUT2D eigenvalue weighted by molar-refractivity contribution is 7.97. The first-order chi connectivity index (χ1) is 12.7. The molecule has 0 bridgehead atoms. The van der Waals surface area contributed by atoms with Crippen LogP contribution in [0.5, 0.6) is 0 Å². The lowest BCUT2D eigenvalue weighted by atomic mass is 10.1. The molecule has 1 saturated carbocycles. The van der Waals surface area contributed by atoms with Crippen molar-refractivity contribution in [3.05, 3.63) is 71.2 Å². The third kappa shape index (κ3) is 3.23. The molecule has 0 spiro atoms. The van der Waals surface area contributed by atoms with Gasteiger partial charge in [0.15, 0.2) is 5.76 Å². The summed E-state index contributed by atoms with van der Waals surface area (Å²) in [6.07, 6.45) is 3.92. The van der Waals surface area contributed by atoms with Crippen LogP contribution < -0.4 is 0 Å². The molecular weight excluding hydrogens is 349 g/mol. The summed E-state index contributed by atoms with van der Waals surface area (Å²) < 4.78 is 20.0. The number of fused-ring (bicyclic) bond motifs is 1. The summed E-state index contributed by atoms with van der Waals surface area (Å²) in [5, 5.41) is 0.979. The number of hydrogen-bond acceptors (Lipinski definition) is 3. The van der Waals surface area contributed by atoms with Gasteiger partial charge in [-0.3, -0.25) is 4.79 Å². The van der Waals surface area contributed by atoms with Crippen molar-refractivity contribution in [2.75, 3.05) is 6.26 Å². The number of benzene rings is 2. The molecule has 1 amide bonds. The number of nitrogens with zero attached hydrogens (tertiary/aromatic N) is 1. The Kier molecular flexibility index (Phi) is 4.72. The van der Waals surface area contributed by atoms with Gasteiger partial charge in [0.1, 0.15) is 11.4 Å². The van der Waals surface area contributed by atoms with Gasteiger partial charge in [0.25, 0.3) is 5.91 Å². The summed E-state index contributed by atoms with van der Waals surface area (Å²) in [6, 6.07) is 14.5. The molecule has 3 nitrogen and oxygen atoms in total. The molecule has 5 heteroatoms. The van der Waals surface area contributed by atoms with Gasteiger partial charge in [0.05, 0.1) is 0 Å². The number of thioether (sulfide) groups is 1. The maximum Gasteiger partial charge on any atom is 0.290 e. The van der Waals surface area contributed by atoms with Crippen LogP contribution in [-0.4, -0.2) is 23.1 Å². The Morgan fingerprint density at radius 3 is 2.65 bits per heavy atom. The monoisotopic (exact) mass is 369 g/mol. The predicted molar refractivity (Wildman–Crippen MR) is 103 cm³/mol. The Bertz CT molecular complexity index is 948. The molecule has 1 aliphatic carbocycles. The summed E-state index contributed by atoms with van der Waals surface area (Å²) >= 11 is 1.66. The van der Waals surface area contributed by atoms with Crippen molar-refractivity contribution in [1.29, 1.82) is 0 Å². The van der Waals surface area contributed by atoms with Crippen LogP contribution in [0.2, 0.25) is 0 Å². The number of carbonyl (C=O) groups excluding carboxylic acids is 1. The molecule has 134 valence electrons. The first kappa shape index (κ1) is 17.2. The van der Waals surface area contributed by atoms with E-state index in [2.05, 4.69) is 0 Å². The van der Waals surface area contributed by atoms with E-state index >= 15 is 0 Å². The van der Waals surface area contributed by atoms with Crippen LogP contribution in [0.1, 0.15) is 34.5 Å². The highest BCUT2D eigenvalue weighted by Crippen LogP contribution is 2.34. The third-order valence-corrected chi connectivity index (χ3v) is 5.31. The molecule has 1 fully saturated rings. The van der Waals surface area contributed by atoms with E-state index in [1.54, 1.807) is 34.9 Å². The number of hydrogen-bond donors (Lipinski definition) is 0. The molecule has 0 N–H and O–H groups in total. The van der Waals surface area contributed by atoms with E-state index in [0.717, 1.165) is 29.4 Å². The van der Waals surface area contributed by atoms with E-state index < -0.39 is 0 Å². The van der Waals surface area contributed by atoms with Gasteiger partial charge in [-0.2, -0.15) is 11.8 Å². The van der Waals surface area contributed by atoms with E-state index in [0.29, 0.717) is 17.1 Å². The van der Waals surface area contributed by atoms with Crippen molar-refractivity contribution >= 4 is 28.6 Å².